The molecule has 0 aliphatic heterocycles. The van der Waals surface area contributed by atoms with E-state index in [2.05, 4.69) is 13.8 Å². The highest BCUT2D eigenvalue weighted by atomic mass is 16.5. The van der Waals surface area contributed by atoms with Crippen LogP contribution in [0.25, 0.3) is 0 Å². The lowest BCUT2D eigenvalue weighted by Gasteiger charge is -2.15. The molecule has 0 saturated heterocycles. The van der Waals surface area contributed by atoms with Crippen molar-refractivity contribution in [1.29, 1.82) is 0 Å². The minimum Gasteiger partial charge on any atom is -0.494 e. The van der Waals surface area contributed by atoms with E-state index >= 15 is 0 Å². The lowest BCUT2D eigenvalue weighted by Crippen LogP contribution is -2.14. The largest absolute Gasteiger partial charge is 0.494 e. The van der Waals surface area contributed by atoms with Gasteiger partial charge in [-0.2, -0.15) is 0 Å². The third-order valence-corrected chi connectivity index (χ3v) is 3.30. The Morgan fingerprint density at radius 3 is 2.42 bits per heavy atom. The van der Waals surface area contributed by atoms with Gasteiger partial charge in [0.1, 0.15) is 5.75 Å². The molecule has 3 heteroatoms. The van der Waals surface area contributed by atoms with Gasteiger partial charge in [-0.05, 0) is 36.5 Å². The van der Waals surface area contributed by atoms with Gasteiger partial charge in [0, 0.05) is 0 Å². The highest BCUT2D eigenvalue weighted by Gasteiger charge is 2.11. The van der Waals surface area contributed by atoms with E-state index in [0.29, 0.717) is 6.42 Å². The average Bonchev–Trinajstić information content (AvgIpc) is 2.44. The number of aliphatic hydroxyl groups excluding tert-OH is 2. The Morgan fingerprint density at radius 1 is 1.16 bits per heavy atom. The third kappa shape index (κ3) is 6.08. The molecule has 0 amide bonds. The summed E-state index contributed by atoms with van der Waals surface area (Å²) < 4.78 is 5.66. The van der Waals surface area contributed by atoms with Crippen molar-refractivity contribution in [3.63, 3.8) is 0 Å². The molecule has 108 valence electrons. The Morgan fingerprint density at radius 2 is 1.84 bits per heavy atom. The molecule has 3 nitrogen and oxygen atoms in total. The van der Waals surface area contributed by atoms with Crippen LogP contribution in [-0.2, 0) is 0 Å². The Balaban J connectivity index is 2.42. The summed E-state index contributed by atoms with van der Waals surface area (Å²) in [5.74, 6) is 1.13. The summed E-state index contributed by atoms with van der Waals surface area (Å²) in [7, 11) is 0. The molecule has 1 aromatic rings. The summed E-state index contributed by atoms with van der Waals surface area (Å²) in [5, 5.41) is 18.3. The van der Waals surface area contributed by atoms with E-state index in [4.69, 9.17) is 9.84 Å². The number of rotatable bonds is 9. The molecule has 2 N–H and O–H groups in total. The predicted molar refractivity (Wildman–Crippen MR) is 77.6 cm³/mol. The van der Waals surface area contributed by atoms with Crippen LogP contribution < -0.4 is 4.74 Å². The lowest BCUT2D eigenvalue weighted by molar-refractivity contribution is 0.0835. The molecule has 0 heterocycles. The summed E-state index contributed by atoms with van der Waals surface area (Å²) in [6.45, 7) is 4.82. The first-order valence-electron chi connectivity index (χ1n) is 7.19. The van der Waals surface area contributed by atoms with Crippen LogP contribution in [0, 0.1) is 0 Å². The van der Waals surface area contributed by atoms with Gasteiger partial charge in [-0.25, -0.2) is 0 Å². The number of hydrogen-bond donors (Lipinski definition) is 2. The standard InChI is InChI=1S/C16H26O3/c1-3-4-5-10-19-16-8-6-14(7-9-16)13(2)11-15(18)12-17/h6-9,13,15,17-18H,3-5,10-12H2,1-2H3. The molecular weight excluding hydrogens is 240 g/mol. The smallest absolute Gasteiger partial charge is 0.119 e. The Hall–Kier alpha value is -1.06. The Kier molecular flexibility index (Phi) is 7.53. The summed E-state index contributed by atoms with van der Waals surface area (Å²) in [6.07, 6.45) is 3.44. The molecule has 1 rings (SSSR count). The van der Waals surface area contributed by atoms with Crippen LogP contribution >= 0.6 is 0 Å². The van der Waals surface area contributed by atoms with E-state index in [1.807, 2.05) is 24.3 Å². The van der Waals surface area contributed by atoms with E-state index in [9.17, 15) is 5.11 Å². The number of hydrogen-bond acceptors (Lipinski definition) is 3. The van der Waals surface area contributed by atoms with Crippen molar-refractivity contribution in [2.24, 2.45) is 0 Å². The maximum Gasteiger partial charge on any atom is 0.119 e. The van der Waals surface area contributed by atoms with Crippen molar-refractivity contribution in [3.8, 4) is 5.75 Å². The molecule has 0 aliphatic carbocycles. The summed E-state index contributed by atoms with van der Waals surface area (Å²) in [4.78, 5) is 0. The normalized spacial score (nSPS) is 14.1. The van der Waals surface area contributed by atoms with Crippen LogP contribution in [0.5, 0.6) is 5.75 Å². The van der Waals surface area contributed by atoms with Gasteiger partial charge in [-0.15, -0.1) is 0 Å². The van der Waals surface area contributed by atoms with Crippen LogP contribution in [0.4, 0.5) is 0 Å². The molecule has 0 saturated carbocycles. The van der Waals surface area contributed by atoms with Crippen molar-refractivity contribution in [3.05, 3.63) is 29.8 Å². The number of benzene rings is 1. The van der Waals surface area contributed by atoms with Gasteiger partial charge in [0.25, 0.3) is 0 Å². The lowest BCUT2D eigenvalue weighted by atomic mass is 9.95. The van der Waals surface area contributed by atoms with E-state index in [1.54, 1.807) is 0 Å². The second-order valence-corrected chi connectivity index (χ2v) is 5.10. The van der Waals surface area contributed by atoms with Gasteiger partial charge in [-0.3, -0.25) is 0 Å². The highest BCUT2D eigenvalue weighted by molar-refractivity contribution is 5.29. The number of ether oxygens (including phenoxy) is 1. The minimum absolute atomic E-state index is 0.178. The maximum absolute atomic E-state index is 9.44. The fraction of sp³-hybridized carbons (Fsp3) is 0.625. The van der Waals surface area contributed by atoms with Crippen molar-refractivity contribution in [2.45, 2.75) is 51.6 Å². The first kappa shape index (κ1) is 16.0. The molecular formula is C16H26O3. The van der Waals surface area contributed by atoms with Gasteiger partial charge >= 0.3 is 0 Å². The zero-order valence-corrected chi connectivity index (χ0v) is 12.0. The SMILES string of the molecule is CCCCCOc1ccc(C(C)CC(O)CO)cc1. The Bertz CT molecular complexity index is 334. The fourth-order valence-electron chi connectivity index (χ4n) is 2.05. The van der Waals surface area contributed by atoms with Gasteiger partial charge in [0.05, 0.1) is 19.3 Å². The monoisotopic (exact) mass is 266 g/mol. The molecule has 2 unspecified atom stereocenters. The summed E-state index contributed by atoms with van der Waals surface area (Å²) in [6, 6.07) is 8.01. The van der Waals surface area contributed by atoms with Crippen molar-refractivity contribution >= 4 is 0 Å². The van der Waals surface area contributed by atoms with E-state index in [0.717, 1.165) is 24.3 Å². The molecule has 0 bridgehead atoms. The molecule has 0 fully saturated rings. The zero-order valence-electron chi connectivity index (χ0n) is 12.0. The fourth-order valence-corrected chi connectivity index (χ4v) is 2.05. The second kappa shape index (κ2) is 8.94. The zero-order chi connectivity index (χ0) is 14.1. The number of unbranched alkanes of at least 4 members (excludes halogenated alkanes) is 2. The molecule has 0 aliphatic rings. The average molecular weight is 266 g/mol. The molecule has 19 heavy (non-hydrogen) atoms. The highest BCUT2D eigenvalue weighted by Crippen LogP contribution is 2.23. The minimum atomic E-state index is -0.639. The summed E-state index contributed by atoms with van der Waals surface area (Å²) >= 11 is 0. The van der Waals surface area contributed by atoms with Gasteiger partial charge in [0.2, 0.25) is 0 Å². The van der Waals surface area contributed by atoms with E-state index in [-0.39, 0.29) is 12.5 Å². The topological polar surface area (TPSA) is 49.7 Å². The quantitative estimate of drug-likeness (QED) is 0.675. The first-order chi connectivity index (χ1) is 9.17. The van der Waals surface area contributed by atoms with E-state index in [1.165, 1.54) is 12.8 Å². The van der Waals surface area contributed by atoms with Crippen LogP contribution in [0.1, 0.15) is 51.0 Å². The molecule has 0 aromatic heterocycles. The van der Waals surface area contributed by atoms with Crippen LogP contribution in [0.15, 0.2) is 24.3 Å². The molecule has 2 atom stereocenters. The molecule has 0 spiro atoms. The van der Waals surface area contributed by atoms with Crippen molar-refractivity contribution < 1.29 is 14.9 Å². The van der Waals surface area contributed by atoms with Crippen LogP contribution in [-0.4, -0.2) is 29.5 Å². The molecule has 0 radical (unpaired) electrons. The molecule has 1 aromatic carbocycles. The van der Waals surface area contributed by atoms with Gasteiger partial charge in [-0.1, -0.05) is 38.8 Å². The van der Waals surface area contributed by atoms with Crippen LogP contribution in [0.3, 0.4) is 0 Å². The van der Waals surface area contributed by atoms with Gasteiger partial charge < -0.3 is 14.9 Å². The van der Waals surface area contributed by atoms with Crippen molar-refractivity contribution in [2.75, 3.05) is 13.2 Å². The third-order valence-electron chi connectivity index (χ3n) is 3.30. The van der Waals surface area contributed by atoms with E-state index < -0.39 is 6.10 Å². The first-order valence-corrected chi connectivity index (χ1v) is 7.19. The van der Waals surface area contributed by atoms with Crippen LogP contribution in [0.2, 0.25) is 0 Å². The summed E-state index contributed by atoms with van der Waals surface area (Å²) in [5.41, 5.74) is 1.16. The van der Waals surface area contributed by atoms with Crippen molar-refractivity contribution in [1.82, 2.24) is 0 Å². The number of aliphatic hydroxyl groups is 2. The van der Waals surface area contributed by atoms with Gasteiger partial charge in [0.15, 0.2) is 0 Å². The Labute approximate surface area is 116 Å². The maximum atomic E-state index is 9.44. The predicted octanol–water partition coefficient (Wildman–Crippen LogP) is 3.10. The second-order valence-electron chi connectivity index (χ2n) is 5.10.